The summed E-state index contributed by atoms with van der Waals surface area (Å²) in [5, 5.41) is 3.66. The summed E-state index contributed by atoms with van der Waals surface area (Å²) in [7, 11) is 0.0210. The van der Waals surface area contributed by atoms with Gasteiger partial charge in [0.2, 0.25) is 0 Å². The van der Waals surface area contributed by atoms with Crippen molar-refractivity contribution >= 4 is 54.7 Å². The van der Waals surface area contributed by atoms with Crippen LogP contribution in [0.15, 0.2) is 101 Å². The normalized spacial score (nSPS) is 11.8. The van der Waals surface area contributed by atoms with Crippen molar-refractivity contribution in [3.05, 3.63) is 96.5 Å². The Labute approximate surface area is 232 Å². The van der Waals surface area contributed by atoms with Gasteiger partial charge in [-0.1, -0.05) is 48.5 Å². The third kappa shape index (κ3) is 4.35. The standard InChI is InChI=1S/C31H28N4O2S2/c1-4-34(2)23-14-12-21(13-15-23)26-20-32-31-30(29(26)22-9-6-5-7-10-22)25-19-24(16-17-27(25)33-31)35(3)39(36,37)28-11-8-18-38-28/h5-20H,4H2,1-3H3,(H,32,33). The van der Waals surface area contributed by atoms with Gasteiger partial charge in [0.25, 0.3) is 10.0 Å². The van der Waals surface area contributed by atoms with Crippen molar-refractivity contribution in [1.29, 1.82) is 0 Å². The van der Waals surface area contributed by atoms with E-state index in [0.717, 1.165) is 56.4 Å². The molecule has 0 saturated heterocycles. The third-order valence-corrected chi connectivity index (χ3v) is 10.4. The molecule has 0 fully saturated rings. The summed E-state index contributed by atoms with van der Waals surface area (Å²) in [6.45, 7) is 3.06. The number of nitrogens with zero attached hydrogens (tertiary/aromatic N) is 3. The molecule has 3 heterocycles. The van der Waals surface area contributed by atoms with Crippen LogP contribution in [0.5, 0.6) is 0 Å². The van der Waals surface area contributed by atoms with Crippen molar-refractivity contribution in [1.82, 2.24) is 9.97 Å². The van der Waals surface area contributed by atoms with E-state index < -0.39 is 10.0 Å². The lowest BCUT2D eigenvalue weighted by Crippen LogP contribution is -2.25. The molecule has 0 amide bonds. The van der Waals surface area contributed by atoms with E-state index in [0.29, 0.717) is 9.90 Å². The number of thiophene rings is 1. The Balaban J connectivity index is 1.58. The highest BCUT2D eigenvalue weighted by Crippen LogP contribution is 2.42. The molecular weight excluding hydrogens is 525 g/mol. The van der Waals surface area contributed by atoms with Gasteiger partial charge in [0.05, 0.1) is 5.69 Å². The number of rotatable bonds is 7. The minimum absolute atomic E-state index is 0.315. The Kier molecular flexibility index (Phi) is 6.37. The van der Waals surface area contributed by atoms with Gasteiger partial charge >= 0.3 is 0 Å². The molecule has 0 saturated carbocycles. The number of anilines is 2. The number of aromatic amines is 1. The van der Waals surface area contributed by atoms with Crippen molar-refractivity contribution in [2.24, 2.45) is 0 Å². The largest absolute Gasteiger partial charge is 0.375 e. The van der Waals surface area contributed by atoms with E-state index in [2.05, 4.69) is 60.3 Å². The molecule has 1 N–H and O–H groups in total. The van der Waals surface area contributed by atoms with Crippen LogP contribution in [0.3, 0.4) is 0 Å². The predicted octanol–water partition coefficient (Wildman–Crippen LogP) is 7.39. The van der Waals surface area contributed by atoms with Gasteiger partial charge in [-0.2, -0.15) is 0 Å². The summed E-state index contributed by atoms with van der Waals surface area (Å²) in [5.41, 5.74) is 7.62. The van der Waals surface area contributed by atoms with Crippen LogP contribution < -0.4 is 9.21 Å². The average molecular weight is 553 g/mol. The average Bonchev–Trinajstić information content (AvgIpc) is 3.65. The second-order valence-electron chi connectivity index (χ2n) is 9.46. The van der Waals surface area contributed by atoms with Crippen LogP contribution >= 0.6 is 11.3 Å². The Morgan fingerprint density at radius 1 is 0.872 bits per heavy atom. The first kappa shape index (κ1) is 25.2. The van der Waals surface area contributed by atoms with Gasteiger partial charge in [0, 0.05) is 59.9 Å². The van der Waals surface area contributed by atoms with Gasteiger partial charge in [-0.15, -0.1) is 11.3 Å². The number of fused-ring (bicyclic) bond motifs is 3. The minimum Gasteiger partial charge on any atom is -0.375 e. The van der Waals surface area contributed by atoms with E-state index in [1.54, 1.807) is 24.6 Å². The van der Waals surface area contributed by atoms with E-state index >= 15 is 0 Å². The summed E-state index contributed by atoms with van der Waals surface area (Å²) >= 11 is 1.22. The van der Waals surface area contributed by atoms with Crippen LogP contribution in [0.2, 0.25) is 0 Å². The highest BCUT2D eigenvalue weighted by molar-refractivity contribution is 7.94. The molecule has 0 aliphatic rings. The quantitative estimate of drug-likeness (QED) is 0.224. The monoisotopic (exact) mass is 552 g/mol. The van der Waals surface area contributed by atoms with Crippen LogP contribution in [0, 0.1) is 0 Å². The molecular formula is C31H28N4O2S2. The number of H-pyrrole nitrogens is 1. The van der Waals surface area contributed by atoms with Crippen molar-refractivity contribution in [2.75, 3.05) is 29.8 Å². The van der Waals surface area contributed by atoms with Crippen molar-refractivity contribution in [2.45, 2.75) is 11.1 Å². The Bertz CT molecular complexity index is 1880. The van der Waals surface area contributed by atoms with E-state index in [-0.39, 0.29) is 0 Å². The zero-order valence-corrected chi connectivity index (χ0v) is 23.6. The molecule has 8 heteroatoms. The van der Waals surface area contributed by atoms with Crippen LogP contribution in [0.4, 0.5) is 11.4 Å². The molecule has 0 spiro atoms. The number of hydrogen-bond donors (Lipinski definition) is 1. The number of aromatic nitrogens is 2. The predicted molar refractivity (Wildman–Crippen MR) is 163 cm³/mol. The van der Waals surface area contributed by atoms with E-state index in [1.165, 1.54) is 15.6 Å². The summed E-state index contributed by atoms with van der Waals surface area (Å²) < 4.78 is 28.2. The molecule has 0 bridgehead atoms. The number of benzene rings is 3. The van der Waals surface area contributed by atoms with Gasteiger partial charge in [0.1, 0.15) is 9.86 Å². The maximum atomic E-state index is 13.3. The van der Waals surface area contributed by atoms with Crippen LogP contribution in [-0.4, -0.2) is 39.0 Å². The molecule has 39 heavy (non-hydrogen) atoms. The lowest BCUT2D eigenvalue weighted by Gasteiger charge is -2.19. The molecule has 0 aliphatic heterocycles. The summed E-state index contributed by atoms with van der Waals surface area (Å²) in [5.74, 6) is 0. The van der Waals surface area contributed by atoms with E-state index in [1.807, 2.05) is 42.6 Å². The number of nitrogens with one attached hydrogen (secondary N) is 1. The summed E-state index contributed by atoms with van der Waals surface area (Å²) in [4.78, 5) is 10.5. The topological polar surface area (TPSA) is 69.3 Å². The molecule has 0 aliphatic carbocycles. The Hall–Kier alpha value is -4.14. The lowest BCUT2D eigenvalue weighted by atomic mass is 9.92. The van der Waals surface area contributed by atoms with Gasteiger partial charge in [0.15, 0.2) is 0 Å². The fraction of sp³-hybridized carbons (Fsp3) is 0.129. The van der Waals surface area contributed by atoms with Crippen molar-refractivity contribution < 1.29 is 8.42 Å². The number of sulfonamides is 1. The molecule has 0 atom stereocenters. The first-order valence-electron chi connectivity index (χ1n) is 12.7. The van der Waals surface area contributed by atoms with Crippen molar-refractivity contribution in [3.63, 3.8) is 0 Å². The summed E-state index contributed by atoms with van der Waals surface area (Å²) in [6, 6.07) is 27.9. The van der Waals surface area contributed by atoms with Gasteiger partial charge in [-0.25, -0.2) is 13.4 Å². The van der Waals surface area contributed by atoms with Crippen LogP contribution in [0.25, 0.3) is 44.2 Å². The molecule has 6 aromatic rings. The fourth-order valence-corrected chi connectivity index (χ4v) is 7.27. The van der Waals surface area contributed by atoms with Crippen LogP contribution in [-0.2, 0) is 10.0 Å². The molecule has 6 rings (SSSR count). The summed E-state index contributed by atoms with van der Waals surface area (Å²) in [6.07, 6.45) is 1.92. The lowest BCUT2D eigenvalue weighted by molar-refractivity contribution is 0.596. The highest BCUT2D eigenvalue weighted by Gasteiger charge is 2.24. The number of hydrogen-bond acceptors (Lipinski definition) is 5. The maximum Gasteiger partial charge on any atom is 0.273 e. The molecule has 0 radical (unpaired) electrons. The van der Waals surface area contributed by atoms with E-state index in [4.69, 9.17) is 4.98 Å². The van der Waals surface area contributed by atoms with Crippen LogP contribution in [0.1, 0.15) is 6.92 Å². The molecule has 0 unspecified atom stereocenters. The number of pyridine rings is 1. The smallest absolute Gasteiger partial charge is 0.273 e. The van der Waals surface area contributed by atoms with Gasteiger partial charge in [-0.05, 0) is 59.8 Å². The zero-order valence-electron chi connectivity index (χ0n) is 21.9. The van der Waals surface area contributed by atoms with E-state index in [9.17, 15) is 8.42 Å². The Morgan fingerprint density at radius 3 is 2.31 bits per heavy atom. The second kappa shape index (κ2) is 9.87. The first-order chi connectivity index (χ1) is 18.9. The molecule has 3 aromatic heterocycles. The fourth-order valence-electron chi connectivity index (χ4n) is 4.93. The Morgan fingerprint density at radius 2 is 1.62 bits per heavy atom. The highest BCUT2D eigenvalue weighted by atomic mass is 32.2. The van der Waals surface area contributed by atoms with Crippen molar-refractivity contribution in [3.8, 4) is 22.3 Å². The van der Waals surface area contributed by atoms with Gasteiger partial charge < -0.3 is 9.88 Å². The molecule has 196 valence electrons. The third-order valence-electron chi connectivity index (χ3n) is 7.23. The maximum absolute atomic E-state index is 13.3. The SMILES string of the molecule is CCN(C)c1ccc(-c2cnc3[nH]c4ccc(N(C)S(=O)(=O)c5cccs5)cc4c3c2-c2ccccc2)cc1. The minimum atomic E-state index is -3.66. The first-order valence-corrected chi connectivity index (χ1v) is 15.0. The molecule has 3 aromatic carbocycles. The zero-order chi connectivity index (χ0) is 27.1. The van der Waals surface area contributed by atoms with Gasteiger partial charge in [-0.3, -0.25) is 4.31 Å². The second-order valence-corrected chi connectivity index (χ2v) is 12.6. The molecule has 6 nitrogen and oxygen atoms in total.